The number of likely N-dealkylation sites (tertiary alicyclic amines) is 1. The van der Waals surface area contributed by atoms with Crippen molar-refractivity contribution < 1.29 is 23.2 Å². The van der Waals surface area contributed by atoms with Gasteiger partial charge in [-0.3, -0.25) is 14.4 Å². The second-order valence-corrected chi connectivity index (χ2v) is 6.60. The van der Waals surface area contributed by atoms with Gasteiger partial charge in [0, 0.05) is 37.7 Å². The van der Waals surface area contributed by atoms with Crippen LogP contribution >= 0.6 is 0 Å². The standard InChI is InChI=1S/C20H22FN3O4/c21-16-5-3-15(4-6-16)20(27)24-11-7-14(8-12-24)18(25)22-9-10-23-19(26)17-2-1-13-28-17/h1-6,13-14H,7-12H2,(H,22,25)(H,23,26). The number of carbonyl (C=O) groups is 3. The number of benzene rings is 1. The van der Waals surface area contributed by atoms with Crippen LogP contribution in [0.2, 0.25) is 0 Å². The Labute approximate surface area is 161 Å². The molecule has 1 fully saturated rings. The van der Waals surface area contributed by atoms with E-state index in [1.165, 1.54) is 30.5 Å². The molecule has 7 nitrogen and oxygen atoms in total. The fraction of sp³-hybridized carbons (Fsp3) is 0.350. The van der Waals surface area contributed by atoms with Crippen molar-refractivity contribution in [2.45, 2.75) is 12.8 Å². The Kier molecular flexibility index (Phi) is 6.41. The lowest BCUT2D eigenvalue weighted by molar-refractivity contribution is -0.126. The van der Waals surface area contributed by atoms with E-state index in [-0.39, 0.29) is 35.2 Å². The minimum Gasteiger partial charge on any atom is -0.459 e. The lowest BCUT2D eigenvalue weighted by Crippen LogP contribution is -2.44. The van der Waals surface area contributed by atoms with E-state index in [1.54, 1.807) is 17.0 Å². The molecule has 1 aliphatic heterocycles. The van der Waals surface area contributed by atoms with Crippen LogP contribution in [-0.2, 0) is 4.79 Å². The first-order valence-corrected chi connectivity index (χ1v) is 9.19. The molecule has 1 aromatic heterocycles. The molecule has 0 aliphatic carbocycles. The number of halogens is 1. The third-order valence-electron chi connectivity index (χ3n) is 4.70. The summed E-state index contributed by atoms with van der Waals surface area (Å²) in [6, 6.07) is 8.65. The summed E-state index contributed by atoms with van der Waals surface area (Å²) in [6.07, 6.45) is 2.55. The van der Waals surface area contributed by atoms with E-state index >= 15 is 0 Å². The molecule has 3 amide bonds. The molecule has 3 rings (SSSR count). The van der Waals surface area contributed by atoms with Gasteiger partial charge < -0.3 is 20.0 Å². The van der Waals surface area contributed by atoms with Crippen LogP contribution in [0.4, 0.5) is 4.39 Å². The predicted molar refractivity (Wildman–Crippen MR) is 99.1 cm³/mol. The number of furan rings is 1. The van der Waals surface area contributed by atoms with E-state index in [0.717, 1.165) is 0 Å². The van der Waals surface area contributed by atoms with Gasteiger partial charge in [-0.2, -0.15) is 0 Å². The van der Waals surface area contributed by atoms with Crippen molar-refractivity contribution in [3.05, 3.63) is 59.8 Å². The summed E-state index contributed by atoms with van der Waals surface area (Å²) in [7, 11) is 0. The molecular weight excluding hydrogens is 365 g/mol. The van der Waals surface area contributed by atoms with E-state index in [2.05, 4.69) is 10.6 Å². The van der Waals surface area contributed by atoms with Crippen LogP contribution in [0.3, 0.4) is 0 Å². The Morgan fingerprint density at radius 2 is 1.71 bits per heavy atom. The molecule has 2 heterocycles. The Hall–Kier alpha value is -3.16. The number of nitrogens with zero attached hydrogens (tertiary/aromatic N) is 1. The average molecular weight is 387 g/mol. The van der Waals surface area contributed by atoms with Gasteiger partial charge in [0.15, 0.2) is 5.76 Å². The summed E-state index contributed by atoms with van der Waals surface area (Å²) in [5.74, 6) is -0.887. The molecule has 8 heteroatoms. The lowest BCUT2D eigenvalue weighted by Gasteiger charge is -2.31. The first-order valence-electron chi connectivity index (χ1n) is 9.19. The number of hydrogen-bond acceptors (Lipinski definition) is 4. The maximum absolute atomic E-state index is 13.0. The molecule has 1 aromatic carbocycles. The van der Waals surface area contributed by atoms with Crippen molar-refractivity contribution >= 4 is 17.7 Å². The molecule has 0 spiro atoms. The normalized spacial score (nSPS) is 14.5. The van der Waals surface area contributed by atoms with E-state index in [1.807, 2.05) is 0 Å². The molecule has 28 heavy (non-hydrogen) atoms. The van der Waals surface area contributed by atoms with Gasteiger partial charge in [-0.05, 0) is 49.2 Å². The Morgan fingerprint density at radius 1 is 1.04 bits per heavy atom. The minimum atomic E-state index is -0.382. The number of piperidine rings is 1. The molecule has 2 aromatic rings. The van der Waals surface area contributed by atoms with Crippen molar-refractivity contribution in [3.8, 4) is 0 Å². The van der Waals surface area contributed by atoms with Gasteiger partial charge in [-0.25, -0.2) is 4.39 Å². The van der Waals surface area contributed by atoms with Gasteiger partial charge in [-0.15, -0.1) is 0 Å². The highest BCUT2D eigenvalue weighted by molar-refractivity contribution is 5.94. The SMILES string of the molecule is O=C(NCCNC(=O)C1CCN(C(=O)c2ccc(F)cc2)CC1)c1ccco1. The monoisotopic (exact) mass is 387 g/mol. The third kappa shape index (κ3) is 4.97. The van der Waals surface area contributed by atoms with Crippen molar-refractivity contribution in [1.82, 2.24) is 15.5 Å². The zero-order valence-corrected chi connectivity index (χ0v) is 15.3. The molecule has 2 N–H and O–H groups in total. The maximum Gasteiger partial charge on any atom is 0.287 e. The van der Waals surface area contributed by atoms with Gasteiger partial charge in [-0.1, -0.05) is 0 Å². The molecule has 1 aliphatic rings. The van der Waals surface area contributed by atoms with Gasteiger partial charge in [0.2, 0.25) is 5.91 Å². The van der Waals surface area contributed by atoms with Gasteiger partial charge >= 0.3 is 0 Å². The molecule has 0 unspecified atom stereocenters. The number of nitrogens with one attached hydrogen (secondary N) is 2. The Morgan fingerprint density at radius 3 is 2.36 bits per heavy atom. The highest BCUT2D eigenvalue weighted by Crippen LogP contribution is 2.19. The average Bonchev–Trinajstić information content (AvgIpc) is 3.26. The summed E-state index contributed by atoms with van der Waals surface area (Å²) in [5.41, 5.74) is 0.441. The number of carbonyl (C=O) groups excluding carboxylic acids is 3. The second kappa shape index (κ2) is 9.16. The fourth-order valence-corrected chi connectivity index (χ4v) is 3.12. The quantitative estimate of drug-likeness (QED) is 0.740. The van der Waals surface area contributed by atoms with Crippen LogP contribution in [0.1, 0.15) is 33.8 Å². The van der Waals surface area contributed by atoms with E-state index in [0.29, 0.717) is 44.6 Å². The van der Waals surface area contributed by atoms with Gasteiger partial charge in [0.05, 0.1) is 6.26 Å². The second-order valence-electron chi connectivity index (χ2n) is 6.60. The van der Waals surface area contributed by atoms with Crippen LogP contribution < -0.4 is 10.6 Å². The van der Waals surface area contributed by atoms with Crippen LogP contribution in [0, 0.1) is 11.7 Å². The van der Waals surface area contributed by atoms with Crippen molar-refractivity contribution in [2.75, 3.05) is 26.2 Å². The number of rotatable bonds is 6. The largest absolute Gasteiger partial charge is 0.459 e. The molecule has 0 radical (unpaired) electrons. The molecule has 0 saturated carbocycles. The first kappa shape index (κ1) is 19.6. The first-order chi connectivity index (χ1) is 13.5. The summed E-state index contributed by atoms with van der Waals surface area (Å²) in [6.45, 7) is 1.57. The minimum absolute atomic E-state index is 0.0823. The van der Waals surface area contributed by atoms with E-state index < -0.39 is 0 Å². The topological polar surface area (TPSA) is 91.7 Å². The Balaban J connectivity index is 1.37. The molecule has 148 valence electrons. The summed E-state index contributed by atoms with van der Waals surface area (Å²) >= 11 is 0. The number of amides is 3. The summed E-state index contributed by atoms with van der Waals surface area (Å²) < 4.78 is 18.0. The third-order valence-corrected chi connectivity index (χ3v) is 4.70. The summed E-state index contributed by atoms with van der Waals surface area (Å²) in [4.78, 5) is 38.1. The highest BCUT2D eigenvalue weighted by Gasteiger charge is 2.27. The highest BCUT2D eigenvalue weighted by atomic mass is 19.1. The number of hydrogen-bond donors (Lipinski definition) is 2. The zero-order valence-electron chi connectivity index (χ0n) is 15.3. The smallest absolute Gasteiger partial charge is 0.287 e. The van der Waals surface area contributed by atoms with E-state index in [4.69, 9.17) is 4.42 Å². The summed E-state index contributed by atoms with van der Waals surface area (Å²) in [5, 5.41) is 5.47. The van der Waals surface area contributed by atoms with E-state index in [9.17, 15) is 18.8 Å². The molecule has 1 saturated heterocycles. The van der Waals surface area contributed by atoms with Crippen molar-refractivity contribution in [1.29, 1.82) is 0 Å². The van der Waals surface area contributed by atoms with Crippen LogP contribution in [0.5, 0.6) is 0 Å². The zero-order chi connectivity index (χ0) is 19.9. The van der Waals surface area contributed by atoms with Crippen LogP contribution in [0.25, 0.3) is 0 Å². The Bertz CT molecular complexity index is 812. The fourth-order valence-electron chi connectivity index (χ4n) is 3.12. The lowest BCUT2D eigenvalue weighted by atomic mass is 9.95. The van der Waals surface area contributed by atoms with Gasteiger partial charge in [0.1, 0.15) is 5.82 Å². The molecule has 0 bridgehead atoms. The van der Waals surface area contributed by atoms with Crippen molar-refractivity contribution in [2.24, 2.45) is 5.92 Å². The predicted octanol–water partition coefficient (Wildman–Crippen LogP) is 1.82. The molecular formula is C20H22FN3O4. The van der Waals surface area contributed by atoms with Crippen LogP contribution in [-0.4, -0.2) is 48.8 Å². The van der Waals surface area contributed by atoms with Gasteiger partial charge in [0.25, 0.3) is 11.8 Å². The van der Waals surface area contributed by atoms with Crippen LogP contribution in [0.15, 0.2) is 47.1 Å². The molecule has 0 atom stereocenters. The maximum atomic E-state index is 13.0. The van der Waals surface area contributed by atoms with Crippen molar-refractivity contribution in [3.63, 3.8) is 0 Å².